The van der Waals surface area contributed by atoms with Gasteiger partial charge in [-0.25, -0.2) is 0 Å². The number of hydrogen-bond acceptors (Lipinski definition) is 4. The molecule has 0 spiro atoms. The van der Waals surface area contributed by atoms with Gasteiger partial charge in [-0.05, 0) is 24.1 Å². The molecule has 1 aliphatic carbocycles. The van der Waals surface area contributed by atoms with Crippen molar-refractivity contribution in [3.05, 3.63) is 35.4 Å². The van der Waals surface area contributed by atoms with Crippen LogP contribution in [-0.4, -0.2) is 24.1 Å². The number of nitrogens with one attached hydrogen (secondary N) is 2. The van der Waals surface area contributed by atoms with Gasteiger partial charge >= 0.3 is 0 Å². The minimum absolute atomic E-state index is 0.209. The molecule has 2 aliphatic rings. The standard InChI is InChI=1S/C15H17N3O2/c16-8-15(5-6-17-9-15)14(20)18-12-7-13(19)11-4-2-1-3-10(11)12/h1-4,12-13,17,19H,5-7,9H2,(H,18,20). The van der Waals surface area contributed by atoms with Crippen LogP contribution in [0.4, 0.5) is 0 Å². The Labute approximate surface area is 117 Å². The summed E-state index contributed by atoms with van der Waals surface area (Å²) in [5, 5.41) is 25.3. The zero-order chi connectivity index (χ0) is 14.2. The zero-order valence-corrected chi connectivity index (χ0v) is 11.1. The Balaban J connectivity index is 1.80. The average molecular weight is 271 g/mol. The second-order valence-electron chi connectivity index (χ2n) is 5.53. The number of aliphatic hydroxyl groups excluding tert-OH is 1. The number of rotatable bonds is 2. The molecule has 5 nitrogen and oxygen atoms in total. The number of benzene rings is 1. The normalized spacial score (nSPS) is 31.6. The first kappa shape index (κ1) is 13.1. The number of carbonyl (C=O) groups is 1. The molecule has 1 aromatic rings. The molecular formula is C15H17N3O2. The lowest BCUT2D eigenvalue weighted by Crippen LogP contribution is -2.42. The molecule has 1 amide bonds. The molecule has 0 radical (unpaired) electrons. The highest BCUT2D eigenvalue weighted by Crippen LogP contribution is 2.39. The Morgan fingerprint density at radius 2 is 2.20 bits per heavy atom. The second kappa shape index (κ2) is 4.89. The van der Waals surface area contributed by atoms with Gasteiger partial charge in [0, 0.05) is 13.0 Å². The maximum Gasteiger partial charge on any atom is 0.242 e. The van der Waals surface area contributed by atoms with E-state index in [0.717, 1.165) is 11.1 Å². The molecule has 1 aromatic carbocycles. The van der Waals surface area contributed by atoms with Crippen LogP contribution in [0, 0.1) is 16.7 Å². The molecule has 0 bridgehead atoms. The van der Waals surface area contributed by atoms with Crippen LogP contribution in [-0.2, 0) is 4.79 Å². The number of nitrogens with zero attached hydrogens (tertiary/aromatic N) is 1. The Morgan fingerprint density at radius 3 is 2.85 bits per heavy atom. The van der Waals surface area contributed by atoms with Gasteiger partial charge in [0.1, 0.15) is 5.41 Å². The molecule has 3 atom stereocenters. The first-order valence-electron chi connectivity index (χ1n) is 6.86. The quantitative estimate of drug-likeness (QED) is 0.742. The third-order valence-electron chi connectivity index (χ3n) is 4.30. The van der Waals surface area contributed by atoms with Gasteiger partial charge in [-0.2, -0.15) is 5.26 Å². The summed E-state index contributed by atoms with van der Waals surface area (Å²) in [6, 6.07) is 9.51. The first-order chi connectivity index (χ1) is 9.66. The van der Waals surface area contributed by atoms with Crippen molar-refractivity contribution in [3.63, 3.8) is 0 Å². The minimum atomic E-state index is -0.970. The summed E-state index contributed by atoms with van der Waals surface area (Å²) in [4.78, 5) is 12.4. The fourth-order valence-corrected chi connectivity index (χ4v) is 3.07. The maximum absolute atomic E-state index is 12.4. The Hall–Kier alpha value is -1.90. The van der Waals surface area contributed by atoms with Crippen LogP contribution in [0.15, 0.2) is 24.3 Å². The van der Waals surface area contributed by atoms with Gasteiger partial charge in [-0.1, -0.05) is 24.3 Å². The third kappa shape index (κ3) is 1.98. The predicted octanol–water partition coefficient (Wildman–Crippen LogP) is 0.784. The van der Waals surface area contributed by atoms with E-state index in [1.165, 1.54) is 0 Å². The number of fused-ring (bicyclic) bond motifs is 1. The van der Waals surface area contributed by atoms with Crippen LogP contribution in [0.5, 0.6) is 0 Å². The molecule has 1 saturated heterocycles. The van der Waals surface area contributed by atoms with Crippen molar-refractivity contribution in [1.82, 2.24) is 10.6 Å². The second-order valence-corrected chi connectivity index (χ2v) is 5.53. The lowest BCUT2D eigenvalue weighted by atomic mass is 9.87. The van der Waals surface area contributed by atoms with Crippen LogP contribution in [0.3, 0.4) is 0 Å². The van der Waals surface area contributed by atoms with E-state index in [4.69, 9.17) is 0 Å². The number of hydrogen-bond donors (Lipinski definition) is 3. The number of amides is 1. The van der Waals surface area contributed by atoms with Gasteiger partial charge in [-0.3, -0.25) is 4.79 Å². The van der Waals surface area contributed by atoms with E-state index in [-0.39, 0.29) is 11.9 Å². The van der Waals surface area contributed by atoms with E-state index in [9.17, 15) is 15.2 Å². The van der Waals surface area contributed by atoms with Gasteiger partial charge in [0.05, 0.1) is 18.2 Å². The van der Waals surface area contributed by atoms with Gasteiger partial charge in [-0.15, -0.1) is 0 Å². The van der Waals surface area contributed by atoms with Crippen LogP contribution < -0.4 is 10.6 Å². The molecule has 1 aliphatic heterocycles. The summed E-state index contributed by atoms with van der Waals surface area (Å²) >= 11 is 0. The smallest absolute Gasteiger partial charge is 0.242 e. The minimum Gasteiger partial charge on any atom is -0.388 e. The monoisotopic (exact) mass is 271 g/mol. The molecule has 0 aromatic heterocycles. The summed E-state index contributed by atoms with van der Waals surface area (Å²) in [5.41, 5.74) is 0.850. The fourth-order valence-electron chi connectivity index (χ4n) is 3.07. The summed E-state index contributed by atoms with van der Waals surface area (Å²) in [5.74, 6) is -0.237. The predicted molar refractivity (Wildman–Crippen MR) is 72.4 cm³/mol. The van der Waals surface area contributed by atoms with Crippen molar-refractivity contribution < 1.29 is 9.90 Å². The van der Waals surface area contributed by atoms with Crippen LogP contribution in [0.25, 0.3) is 0 Å². The average Bonchev–Trinajstić information content (AvgIpc) is 3.06. The lowest BCUT2D eigenvalue weighted by Gasteiger charge is -2.22. The Morgan fingerprint density at radius 1 is 1.45 bits per heavy atom. The van der Waals surface area contributed by atoms with Crippen LogP contribution >= 0.6 is 0 Å². The molecular weight excluding hydrogens is 254 g/mol. The van der Waals surface area contributed by atoms with E-state index in [1.54, 1.807) is 0 Å². The van der Waals surface area contributed by atoms with Gasteiger partial charge in [0.2, 0.25) is 5.91 Å². The van der Waals surface area contributed by atoms with Crippen molar-refractivity contribution in [1.29, 1.82) is 5.26 Å². The van der Waals surface area contributed by atoms with Crippen LogP contribution in [0.2, 0.25) is 0 Å². The summed E-state index contributed by atoms with van der Waals surface area (Å²) < 4.78 is 0. The summed E-state index contributed by atoms with van der Waals surface area (Å²) in [7, 11) is 0. The maximum atomic E-state index is 12.4. The van der Waals surface area contributed by atoms with E-state index in [0.29, 0.717) is 25.9 Å². The zero-order valence-electron chi connectivity index (χ0n) is 11.1. The number of carbonyl (C=O) groups excluding carboxylic acids is 1. The van der Waals surface area contributed by atoms with Gasteiger partial charge < -0.3 is 15.7 Å². The van der Waals surface area contributed by atoms with Gasteiger partial charge in [0.25, 0.3) is 0 Å². The van der Waals surface area contributed by atoms with E-state index in [2.05, 4.69) is 16.7 Å². The molecule has 104 valence electrons. The van der Waals surface area contributed by atoms with Crippen molar-refractivity contribution in [2.75, 3.05) is 13.1 Å². The molecule has 3 rings (SSSR count). The fraction of sp³-hybridized carbons (Fsp3) is 0.467. The molecule has 20 heavy (non-hydrogen) atoms. The Kier molecular flexibility index (Phi) is 3.20. The third-order valence-corrected chi connectivity index (χ3v) is 4.30. The van der Waals surface area contributed by atoms with E-state index < -0.39 is 11.5 Å². The SMILES string of the molecule is N#CC1(C(=O)NC2CC(O)c3ccccc32)CCNC1. The molecule has 0 saturated carbocycles. The summed E-state index contributed by atoms with van der Waals surface area (Å²) in [6.45, 7) is 1.08. The highest BCUT2D eigenvalue weighted by Gasteiger charge is 2.43. The topological polar surface area (TPSA) is 85.2 Å². The largest absolute Gasteiger partial charge is 0.388 e. The highest BCUT2D eigenvalue weighted by molar-refractivity contribution is 5.86. The molecule has 3 unspecified atom stereocenters. The number of aliphatic hydroxyl groups is 1. The van der Waals surface area contributed by atoms with Gasteiger partial charge in [0.15, 0.2) is 0 Å². The molecule has 5 heteroatoms. The Bertz CT molecular complexity index is 573. The van der Waals surface area contributed by atoms with Crippen molar-refractivity contribution in [3.8, 4) is 6.07 Å². The van der Waals surface area contributed by atoms with Crippen molar-refractivity contribution in [2.45, 2.75) is 25.0 Å². The number of nitriles is 1. The highest BCUT2D eigenvalue weighted by atomic mass is 16.3. The van der Waals surface area contributed by atoms with E-state index >= 15 is 0 Å². The first-order valence-corrected chi connectivity index (χ1v) is 6.86. The van der Waals surface area contributed by atoms with Crippen LogP contribution in [0.1, 0.15) is 36.1 Å². The summed E-state index contributed by atoms with van der Waals surface area (Å²) in [6.07, 6.45) is 0.461. The van der Waals surface area contributed by atoms with Crippen molar-refractivity contribution >= 4 is 5.91 Å². The molecule has 1 heterocycles. The van der Waals surface area contributed by atoms with Crippen molar-refractivity contribution in [2.24, 2.45) is 5.41 Å². The van der Waals surface area contributed by atoms with E-state index in [1.807, 2.05) is 24.3 Å². The molecule has 3 N–H and O–H groups in total. The lowest BCUT2D eigenvalue weighted by molar-refractivity contribution is -0.128. The molecule has 1 fully saturated rings.